The van der Waals surface area contributed by atoms with Gasteiger partial charge in [0.05, 0.1) is 6.10 Å². The molecule has 20 heavy (non-hydrogen) atoms. The molecule has 4 nitrogen and oxygen atoms in total. The second kappa shape index (κ2) is 6.19. The van der Waals surface area contributed by atoms with Crippen molar-refractivity contribution in [2.75, 3.05) is 13.7 Å². The number of hydrogen-bond acceptors (Lipinski definition) is 4. The summed E-state index contributed by atoms with van der Waals surface area (Å²) in [5, 5.41) is 3.64. The molecule has 2 unspecified atom stereocenters. The summed E-state index contributed by atoms with van der Waals surface area (Å²) in [4.78, 5) is 9.24. The van der Waals surface area contributed by atoms with E-state index in [-0.39, 0.29) is 6.10 Å². The molecule has 110 valence electrons. The van der Waals surface area contributed by atoms with Crippen molar-refractivity contribution in [1.29, 1.82) is 0 Å². The maximum atomic E-state index is 5.29. The van der Waals surface area contributed by atoms with Crippen LogP contribution in [0.15, 0.2) is 6.20 Å². The predicted molar refractivity (Wildman–Crippen MR) is 78.7 cm³/mol. The third-order valence-electron chi connectivity index (χ3n) is 4.45. The van der Waals surface area contributed by atoms with Gasteiger partial charge in [-0.25, -0.2) is 9.97 Å². The quantitative estimate of drug-likeness (QED) is 0.861. The zero-order valence-corrected chi connectivity index (χ0v) is 12.6. The van der Waals surface area contributed by atoms with E-state index >= 15 is 0 Å². The zero-order chi connectivity index (χ0) is 13.9. The van der Waals surface area contributed by atoms with E-state index < -0.39 is 0 Å². The highest BCUT2D eigenvalue weighted by Crippen LogP contribution is 2.25. The molecule has 0 amide bonds. The number of nitrogens with one attached hydrogen (secondary N) is 1. The van der Waals surface area contributed by atoms with Crippen LogP contribution >= 0.6 is 0 Å². The van der Waals surface area contributed by atoms with Crippen LogP contribution in [0.5, 0.6) is 0 Å². The zero-order valence-electron chi connectivity index (χ0n) is 12.6. The molecule has 2 aliphatic carbocycles. The Morgan fingerprint density at radius 3 is 3.00 bits per heavy atom. The molecule has 0 aromatic carbocycles. The minimum absolute atomic E-state index is 0.187. The first-order valence-electron chi connectivity index (χ1n) is 7.84. The second-order valence-electron chi connectivity index (χ2n) is 6.30. The maximum absolute atomic E-state index is 5.29. The Hall–Kier alpha value is -1.00. The molecule has 0 saturated heterocycles. The number of ether oxygens (including phenoxy) is 1. The molecule has 0 aliphatic heterocycles. The lowest BCUT2D eigenvalue weighted by molar-refractivity contribution is 0.117. The summed E-state index contributed by atoms with van der Waals surface area (Å²) >= 11 is 0. The Bertz CT molecular complexity index is 459. The van der Waals surface area contributed by atoms with Crippen molar-refractivity contribution in [3.63, 3.8) is 0 Å². The number of fused-ring (bicyclic) bond motifs is 1. The van der Waals surface area contributed by atoms with Gasteiger partial charge >= 0.3 is 0 Å². The summed E-state index contributed by atoms with van der Waals surface area (Å²) < 4.78 is 5.29. The number of nitrogens with zero attached hydrogens (tertiary/aromatic N) is 2. The van der Waals surface area contributed by atoms with Crippen LogP contribution in [0.4, 0.5) is 0 Å². The number of methoxy groups -OCH3 is 1. The molecule has 1 N–H and O–H groups in total. The number of rotatable bonds is 6. The first-order valence-corrected chi connectivity index (χ1v) is 7.84. The number of aromatic nitrogens is 2. The minimum atomic E-state index is 0.187. The van der Waals surface area contributed by atoms with Crippen molar-refractivity contribution in [3.8, 4) is 0 Å². The Balaban J connectivity index is 1.59. The van der Waals surface area contributed by atoms with E-state index in [2.05, 4.69) is 17.2 Å². The maximum Gasteiger partial charge on any atom is 0.131 e. The van der Waals surface area contributed by atoms with Crippen LogP contribution in [0.3, 0.4) is 0 Å². The molecule has 0 bridgehead atoms. The van der Waals surface area contributed by atoms with Crippen LogP contribution in [0, 0.1) is 5.92 Å². The van der Waals surface area contributed by atoms with Gasteiger partial charge in [-0.05, 0) is 57.1 Å². The van der Waals surface area contributed by atoms with Crippen LogP contribution in [0.2, 0.25) is 0 Å². The standard InChI is InChI=1S/C16H25N3O/c1-11(20-2)7-16-18-10-13-8-12(3-6-15(13)19-16)9-17-14-4-5-14/h10-12,14,17H,3-9H2,1-2H3. The van der Waals surface area contributed by atoms with Crippen molar-refractivity contribution in [2.45, 2.75) is 57.6 Å². The number of hydrogen-bond donors (Lipinski definition) is 1. The molecular weight excluding hydrogens is 250 g/mol. The lowest BCUT2D eigenvalue weighted by Gasteiger charge is -2.24. The van der Waals surface area contributed by atoms with Gasteiger partial charge in [-0.3, -0.25) is 0 Å². The fraction of sp³-hybridized carbons (Fsp3) is 0.750. The molecule has 2 atom stereocenters. The summed E-state index contributed by atoms with van der Waals surface area (Å²) in [5.41, 5.74) is 2.62. The van der Waals surface area contributed by atoms with Crippen molar-refractivity contribution < 1.29 is 4.74 Å². The lowest BCUT2D eigenvalue weighted by atomic mass is 9.87. The van der Waals surface area contributed by atoms with Gasteiger partial charge in [-0.15, -0.1) is 0 Å². The van der Waals surface area contributed by atoms with E-state index in [9.17, 15) is 0 Å². The van der Waals surface area contributed by atoms with Gasteiger partial charge in [0.2, 0.25) is 0 Å². The molecule has 2 aliphatic rings. The Morgan fingerprint density at radius 2 is 2.25 bits per heavy atom. The fourth-order valence-electron chi connectivity index (χ4n) is 2.86. The lowest BCUT2D eigenvalue weighted by Crippen LogP contribution is -2.29. The Morgan fingerprint density at radius 1 is 1.40 bits per heavy atom. The van der Waals surface area contributed by atoms with Crippen LogP contribution in [-0.4, -0.2) is 35.8 Å². The summed E-state index contributed by atoms with van der Waals surface area (Å²) in [6, 6.07) is 0.811. The molecule has 0 spiro atoms. The van der Waals surface area contributed by atoms with Crippen molar-refractivity contribution in [1.82, 2.24) is 15.3 Å². The van der Waals surface area contributed by atoms with E-state index in [4.69, 9.17) is 9.72 Å². The van der Waals surface area contributed by atoms with Gasteiger partial charge in [-0.2, -0.15) is 0 Å². The molecular formula is C16H25N3O. The van der Waals surface area contributed by atoms with Crippen molar-refractivity contribution in [3.05, 3.63) is 23.3 Å². The van der Waals surface area contributed by atoms with E-state index in [0.29, 0.717) is 0 Å². The van der Waals surface area contributed by atoms with E-state index in [1.807, 2.05) is 6.20 Å². The largest absolute Gasteiger partial charge is 0.381 e. The molecule has 3 rings (SSSR count). The van der Waals surface area contributed by atoms with Gasteiger partial charge < -0.3 is 10.1 Å². The molecule has 4 heteroatoms. The average molecular weight is 275 g/mol. The van der Waals surface area contributed by atoms with E-state index in [0.717, 1.165) is 43.6 Å². The first-order chi connectivity index (χ1) is 9.74. The van der Waals surface area contributed by atoms with E-state index in [1.54, 1.807) is 7.11 Å². The highest BCUT2D eigenvalue weighted by atomic mass is 16.5. The van der Waals surface area contributed by atoms with Gasteiger partial charge in [0.1, 0.15) is 5.82 Å². The third-order valence-corrected chi connectivity index (χ3v) is 4.45. The summed E-state index contributed by atoms with van der Waals surface area (Å²) in [5.74, 6) is 1.68. The fourth-order valence-corrected chi connectivity index (χ4v) is 2.86. The SMILES string of the molecule is COC(C)Cc1ncc2c(n1)CCC(CNC1CC1)C2. The topological polar surface area (TPSA) is 47.0 Å². The smallest absolute Gasteiger partial charge is 0.131 e. The molecule has 1 saturated carbocycles. The molecule has 0 radical (unpaired) electrons. The minimum Gasteiger partial charge on any atom is -0.381 e. The van der Waals surface area contributed by atoms with Gasteiger partial charge in [0.25, 0.3) is 0 Å². The van der Waals surface area contributed by atoms with Crippen molar-refractivity contribution >= 4 is 0 Å². The van der Waals surface area contributed by atoms with Crippen LogP contribution in [0.1, 0.15) is 43.3 Å². The van der Waals surface area contributed by atoms with Gasteiger partial charge in [0.15, 0.2) is 0 Å². The van der Waals surface area contributed by atoms with Crippen LogP contribution < -0.4 is 5.32 Å². The van der Waals surface area contributed by atoms with Crippen LogP contribution in [-0.2, 0) is 24.0 Å². The molecule has 1 aromatic rings. The summed E-state index contributed by atoms with van der Waals surface area (Å²) in [6.45, 7) is 3.22. The summed E-state index contributed by atoms with van der Waals surface area (Å²) in [7, 11) is 1.74. The van der Waals surface area contributed by atoms with Crippen LogP contribution in [0.25, 0.3) is 0 Å². The summed E-state index contributed by atoms with van der Waals surface area (Å²) in [6.07, 6.45) is 9.26. The molecule has 1 aromatic heterocycles. The monoisotopic (exact) mass is 275 g/mol. The van der Waals surface area contributed by atoms with Gasteiger partial charge in [-0.1, -0.05) is 0 Å². The number of aryl methyl sites for hydroxylation is 1. The Kier molecular flexibility index (Phi) is 4.32. The normalized spacial score (nSPS) is 23.4. The average Bonchev–Trinajstić information content (AvgIpc) is 3.29. The van der Waals surface area contributed by atoms with Crippen molar-refractivity contribution in [2.24, 2.45) is 5.92 Å². The predicted octanol–water partition coefficient (Wildman–Crippen LogP) is 1.91. The Labute approximate surface area is 121 Å². The highest BCUT2D eigenvalue weighted by Gasteiger charge is 2.25. The second-order valence-corrected chi connectivity index (χ2v) is 6.30. The van der Waals surface area contributed by atoms with E-state index in [1.165, 1.54) is 30.5 Å². The van der Waals surface area contributed by atoms with Gasteiger partial charge in [0, 0.05) is 31.5 Å². The first kappa shape index (κ1) is 14.0. The molecule has 1 fully saturated rings. The highest BCUT2D eigenvalue weighted by molar-refractivity contribution is 5.21. The third kappa shape index (κ3) is 3.55. The molecule has 1 heterocycles.